The van der Waals surface area contributed by atoms with Gasteiger partial charge in [-0.3, -0.25) is 9.59 Å². The average Bonchev–Trinajstić information content (AvgIpc) is 2.60. The number of nitrogens with zero attached hydrogens (tertiary/aromatic N) is 3. The van der Waals surface area contributed by atoms with Crippen molar-refractivity contribution in [1.29, 1.82) is 0 Å². The van der Waals surface area contributed by atoms with Crippen LogP contribution >= 0.6 is 0 Å². The van der Waals surface area contributed by atoms with Crippen LogP contribution in [0.4, 0.5) is 10.1 Å². The molecule has 5 nitrogen and oxygen atoms in total. The molecule has 0 saturated carbocycles. The largest absolute Gasteiger partial charge is 0.368 e. The van der Waals surface area contributed by atoms with Gasteiger partial charge in [0.15, 0.2) is 0 Å². The number of halogens is 1. The van der Waals surface area contributed by atoms with Crippen molar-refractivity contribution < 1.29 is 14.0 Å². The lowest BCUT2D eigenvalue weighted by Crippen LogP contribution is -2.55. The Morgan fingerprint density at radius 2 is 1.40 bits per heavy atom. The molecule has 2 aliphatic heterocycles. The summed E-state index contributed by atoms with van der Waals surface area (Å²) in [7, 11) is 0. The Bertz CT molecular complexity index is 616. The molecule has 2 heterocycles. The summed E-state index contributed by atoms with van der Waals surface area (Å²) in [6.45, 7) is 7.93. The lowest BCUT2D eigenvalue weighted by atomic mass is 9.92. The molecule has 136 valence electrons. The minimum absolute atomic E-state index is 0.256. The Kier molecular flexibility index (Phi) is 5.25. The molecule has 2 unspecified atom stereocenters. The van der Waals surface area contributed by atoms with Gasteiger partial charge in [0.05, 0.1) is 0 Å². The monoisotopic (exact) mass is 347 g/mol. The number of hydrogen-bond acceptors (Lipinski definition) is 3. The zero-order chi connectivity index (χ0) is 18.0. The van der Waals surface area contributed by atoms with E-state index >= 15 is 0 Å². The number of amides is 2. The molecular formula is C19H26FN3O2. The van der Waals surface area contributed by atoms with E-state index in [2.05, 4.69) is 18.7 Å². The molecule has 25 heavy (non-hydrogen) atoms. The van der Waals surface area contributed by atoms with Gasteiger partial charge in [-0.05, 0) is 42.5 Å². The molecule has 2 aliphatic rings. The van der Waals surface area contributed by atoms with Crippen LogP contribution in [0.25, 0.3) is 0 Å². The number of rotatable bonds is 1. The summed E-state index contributed by atoms with van der Waals surface area (Å²) in [5.74, 6) is -0.131. The van der Waals surface area contributed by atoms with Crippen molar-refractivity contribution in [3.8, 4) is 0 Å². The van der Waals surface area contributed by atoms with Gasteiger partial charge in [-0.15, -0.1) is 0 Å². The van der Waals surface area contributed by atoms with E-state index < -0.39 is 0 Å². The highest BCUT2D eigenvalue weighted by molar-refractivity contribution is 6.35. The molecule has 0 bridgehead atoms. The molecule has 2 saturated heterocycles. The summed E-state index contributed by atoms with van der Waals surface area (Å²) in [5.41, 5.74) is 0.943. The van der Waals surface area contributed by atoms with Crippen molar-refractivity contribution in [2.75, 3.05) is 44.2 Å². The van der Waals surface area contributed by atoms with Gasteiger partial charge in [-0.1, -0.05) is 13.8 Å². The van der Waals surface area contributed by atoms with Crippen LogP contribution in [0.3, 0.4) is 0 Å². The number of anilines is 1. The minimum Gasteiger partial charge on any atom is -0.368 e. The summed E-state index contributed by atoms with van der Waals surface area (Å²) in [6, 6.07) is 6.37. The van der Waals surface area contributed by atoms with Crippen molar-refractivity contribution >= 4 is 17.5 Å². The molecule has 0 N–H and O–H groups in total. The van der Waals surface area contributed by atoms with E-state index in [1.807, 2.05) is 0 Å². The summed E-state index contributed by atoms with van der Waals surface area (Å²) >= 11 is 0. The number of carbonyl (C=O) groups is 2. The Labute approximate surface area is 148 Å². The number of hydrogen-bond donors (Lipinski definition) is 0. The SMILES string of the molecule is CC1CC(C)CN(C(=O)C(=O)N2CCN(c3ccc(F)cc3)CC2)C1. The van der Waals surface area contributed by atoms with Crippen LogP contribution in [0.15, 0.2) is 24.3 Å². The smallest absolute Gasteiger partial charge is 0.312 e. The van der Waals surface area contributed by atoms with Gasteiger partial charge in [-0.25, -0.2) is 4.39 Å². The number of benzene rings is 1. The minimum atomic E-state index is -0.389. The topological polar surface area (TPSA) is 43.9 Å². The molecule has 2 atom stereocenters. The maximum Gasteiger partial charge on any atom is 0.312 e. The number of piperidine rings is 1. The van der Waals surface area contributed by atoms with Gasteiger partial charge in [0.2, 0.25) is 0 Å². The van der Waals surface area contributed by atoms with Crippen molar-refractivity contribution in [2.24, 2.45) is 11.8 Å². The summed E-state index contributed by atoms with van der Waals surface area (Å²) in [6.07, 6.45) is 1.11. The molecule has 0 radical (unpaired) electrons. The van der Waals surface area contributed by atoms with E-state index in [4.69, 9.17) is 0 Å². The maximum atomic E-state index is 13.0. The van der Waals surface area contributed by atoms with Crippen molar-refractivity contribution in [3.05, 3.63) is 30.1 Å². The van der Waals surface area contributed by atoms with Crippen LogP contribution in [0.5, 0.6) is 0 Å². The first-order valence-electron chi connectivity index (χ1n) is 9.02. The van der Waals surface area contributed by atoms with Gasteiger partial charge in [0, 0.05) is 45.0 Å². The summed E-state index contributed by atoms with van der Waals surface area (Å²) < 4.78 is 13.0. The third kappa shape index (κ3) is 4.11. The molecule has 1 aromatic carbocycles. The fraction of sp³-hybridized carbons (Fsp3) is 0.579. The van der Waals surface area contributed by atoms with E-state index in [1.54, 1.807) is 21.9 Å². The highest BCUT2D eigenvalue weighted by Gasteiger charge is 2.33. The predicted octanol–water partition coefficient (Wildman–Crippen LogP) is 1.98. The van der Waals surface area contributed by atoms with Crippen molar-refractivity contribution in [2.45, 2.75) is 20.3 Å². The Hall–Kier alpha value is -2.11. The number of likely N-dealkylation sites (tertiary alicyclic amines) is 1. The van der Waals surface area contributed by atoms with Crippen LogP contribution in [0, 0.1) is 17.7 Å². The van der Waals surface area contributed by atoms with E-state index in [-0.39, 0.29) is 17.6 Å². The summed E-state index contributed by atoms with van der Waals surface area (Å²) in [5, 5.41) is 0. The fourth-order valence-corrected chi connectivity index (χ4v) is 3.92. The fourth-order valence-electron chi connectivity index (χ4n) is 3.92. The molecule has 0 aliphatic carbocycles. The summed E-state index contributed by atoms with van der Waals surface area (Å²) in [4.78, 5) is 30.6. The maximum absolute atomic E-state index is 13.0. The first-order valence-corrected chi connectivity index (χ1v) is 9.02. The normalized spacial score (nSPS) is 24.4. The highest BCUT2D eigenvalue weighted by atomic mass is 19.1. The molecule has 0 spiro atoms. The average molecular weight is 347 g/mol. The Morgan fingerprint density at radius 3 is 1.96 bits per heavy atom. The zero-order valence-electron chi connectivity index (χ0n) is 14.9. The van der Waals surface area contributed by atoms with Crippen molar-refractivity contribution in [3.63, 3.8) is 0 Å². The lowest BCUT2D eigenvalue weighted by molar-refractivity contribution is -0.153. The number of piperazine rings is 1. The van der Waals surface area contributed by atoms with Crippen LogP contribution < -0.4 is 4.90 Å². The quantitative estimate of drug-likeness (QED) is 0.730. The first-order chi connectivity index (χ1) is 11.9. The zero-order valence-corrected chi connectivity index (χ0v) is 14.9. The Morgan fingerprint density at radius 1 is 0.880 bits per heavy atom. The van der Waals surface area contributed by atoms with Gasteiger partial charge >= 0.3 is 11.8 Å². The molecular weight excluding hydrogens is 321 g/mol. The second-order valence-electron chi connectivity index (χ2n) is 7.41. The molecule has 0 aromatic heterocycles. The second-order valence-corrected chi connectivity index (χ2v) is 7.41. The highest BCUT2D eigenvalue weighted by Crippen LogP contribution is 2.22. The van der Waals surface area contributed by atoms with Gasteiger partial charge in [0.25, 0.3) is 0 Å². The van der Waals surface area contributed by atoms with Crippen LogP contribution in [-0.2, 0) is 9.59 Å². The number of carbonyl (C=O) groups excluding carboxylic acids is 2. The van der Waals surface area contributed by atoms with E-state index in [0.29, 0.717) is 51.1 Å². The van der Waals surface area contributed by atoms with Crippen LogP contribution in [-0.4, -0.2) is 60.9 Å². The molecule has 6 heteroatoms. The first kappa shape index (κ1) is 17.7. The lowest BCUT2D eigenvalue weighted by Gasteiger charge is -2.38. The standard InChI is InChI=1S/C19H26FN3O2/c1-14-11-15(2)13-23(12-14)19(25)18(24)22-9-7-21(8-10-22)17-5-3-16(20)4-6-17/h3-6,14-15H,7-13H2,1-2H3. The Balaban J connectivity index is 1.56. The molecule has 1 aromatic rings. The predicted molar refractivity (Wildman–Crippen MR) is 94.7 cm³/mol. The molecule has 2 fully saturated rings. The van der Waals surface area contributed by atoms with Crippen LogP contribution in [0.1, 0.15) is 20.3 Å². The second kappa shape index (κ2) is 7.42. The van der Waals surface area contributed by atoms with Crippen molar-refractivity contribution in [1.82, 2.24) is 9.80 Å². The van der Waals surface area contributed by atoms with E-state index in [0.717, 1.165) is 12.1 Å². The third-order valence-electron chi connectivity index (χ3n) is 5.10. The molecule has 3 rings (SSSR count). The molecule has 2 amide bonds. The third-order valence-corrected chi connectivity index (χ3v) is 5.10. The van der Waals surface area contributed by atoms with Gasteiger partial charge in [0.1, 0.15) is 5.82 Å². The van der Waals surface area contributed by atoms with E-state index in [9.17, 15) is 14.0 Å². The van der Waals surface area contributed by atoms with Crippen LogP contribution in [0.2, 0.25) is 0 Å². The van der Waals surface area contributed by atoms with E-state index in [1.165, 1.54) is 12.1 Å². The van der Waals surface area contributed by atoms with Gasteiger partial charge in [-0.2, -0.15) is 0 Å². The van der Waals surface area contributed by atoms with Gasteiger partial charge < -0.3 is 14.7 Å².